The smallest absolute Gasteiger partial charge is 0.255 e. The highest BCUT2D eigenvalue weighted by Crippen LogP contribution is 2.38. The Hall–Kier alpha value is -0.680. The van der Waals surface area contributed by atoms with Crippen LogP contribution in [-0.2, 0) is 0 Å². The van der Waals surface area contributed by atoms with Crippen molar-refractivity contribution in [1.29, 1.82) is 0 Å². The molecule has 1 aromatic rings. The Morgan fingerprint density at radius 3 is 2.70 bits per heavy atom. The molecule has 0 aromatic heterocycles. The fourth-order valence-electron chi connectivity index (χ4n) is 2.68. The first-order chi connectivity index (χ1) is 9.56. The summed E-state index contributed by atoms with van der Waals surface area (Å²) in [7, 11) is 0. The van der Waals surface area contributed by atoms with Gasteiger partial charge in [0.05, 0.1) is 5.56 Å². The second-order valence-electron chi connectivity index (χ2n) is 5.29. The largest absolute Gasteiger partial charge is 0.507 e. The molecule has 0 bridgehead atoms. The van der Waals surface area contributed by atoms with Crippen molar-refractivity contribution < 1.29 is 9.90 Å². The first-order valence-corrected chi connectivity index (χ1v) is 8.90. The summed E-state index contributed by atoms with van der Waals surface area (Å²) in [5.74, 6) is -0.187. The van der Waals surface area contributed by atoms with Crippen LogP contribution in [0.4, 0.5) is 0 Å². The number of aromatic hydroxyl groups is 1. The molecule has 1 amide bonds. The Morgan fingerprint density at radius 1 is 1.40 bits per heavy atom. The molecule has 1 aliphatic carbocycles. The fraction of sp³-hybridized carbons (Fsp3) is 0.533. The van der Waals surface area contributed by atoms with Crippen molar-refractivity contribution in [3.05, 3.63) is 28.2 Å². The molecule has 0 radical (unpaired) electrons. The molecule has 0 unspecified atom stereocenters. The second-order valence-corrected chi connectivity index (χ2v) is 7.48. The zero-order valence-corrected chi connectivity index (χ0v) is 14.0. The van der Waals surface area contributed by atoms with Gasteiger partial charge in [-0.05, 0) is 37.3 Å². The average molecular weight is 358 g/mol. The van der Waals surface area contributed by atoms with Crippen molar-refractivity contribution in [1.82, 2.24) is 5.32 Å². The Balaban J connectivity index is 2.00. The Bertz CT molecular complexity index is 487. The van der Waals surface area contributed by atoms with E-state index in [2.05, 4.69) is 27.5 Å². The summed E-state index contributed by atoms with van der Waals surface area (Å²) in [4.78, 5) is 12.2. The Kier molecular flexibility index (Phi) is 5.38. The third-order valence-electron chi connectivity index (χ3n) is 3.97. The van der Waals surface area contributed by atoms with Crippen LogP contribution in [0.1, 0.15) is 42.5 Å². The lowest BCUT2D eigenvalue weighted by atomic mass is 9.88. The van der Waals surface area contributed by atoms with E-state index in [1.165, 1.54) is 19.3 Å². The fourth-order valence-corrected chi connectivity index (χ4v) is 3.95. The SMILES string of the molecule is CSC1(CNC(=O)c2ccc(Br)cc2O)CCCCC1. The highest BCUT2D eigenvalue weighted by Gasteiger charge is 2.31. The summed E-state index contributed by atoms with van der Waals surface area (Å²) >= 11 is 5.12. The van der Waals surface area contributed by atoms with E-state index >= 15 is 0 Å². The monoisotopic (exact) mass is 357 g/mol. The van der Waals surface area contributed by atoms with Crippen LogP contribution in [0.15, 0.2) is 22.7 Å². The number of hydrogen-bond acceptors (Lipinski definition) is 3. The lowest BCUT2D eigenvalue weighted by Gasteiger charge is -2.35. The van der Waals surface area contributed by atoms with E-state index < -0.39 is 0 Å². The number of hydrogen-bond donors (Lipinski definition) is 2. The van der Waals surface area contributed by atoms with Crippen LogP contribution in [0.25, 0.3) is 0 Å². The number of rotatable bonds is 4. The van der Waals surface area contributed by atoms with Gasteiger partial charge in [-0.15, -0.1) is 0 Å². The molecule has 2 rings (SSSR count). The number of thioether (sulfide) groups is 1. The molecule has 0 aliphatic heterocycles. The minimum Gasteiger partial charge on any atom is -0.507 e. The topological polar surface area (TPSA) is 49.3 Å². The van der Waals surface area contributed by atoms with Gasteiger partial charge in [0.15, 0.2) is 0 Å². The van der Waals surface area contributed by atoms with Gasteiger partial charge in [0.2, 0.25) is 0 Å². The van der Waals surface area contributed by atoms with Crippen LogP contribution in [0, 0.1) is 0 Å². The maximum atomic E-state index is 12.2. The highest BCUT2D eigenvalue weighted by atomic mass is 79.9. The average Bonchev–Trinajstić information content (AvgIpc) is 2.46. The van der Waals surface area contributed by atoms with Crippen LogP contribution in [0.3, 0.4) is 0 Å². The molecule has 20 heavy (non-hydrogen) atoms. The third kappa shape index (κ3) is 3.70. The van der Waals surface area contributed by atoms with Gasteiger partial charge < -0.3 is 10.4 Å². The zero-order chi connectivity index (χ0) is 14.6. The van der Waals surface area contributed by atoms with Crippen LogP contribution >= 0.6 is 27.7 Å². The molecule has 1 aliphatic rings. The standard InChI is InChI=1S/C15H20BrNO2S/c1-20-15(7-3-2-4-8-15)10-17-14(19)12-6-5-11(16)9-13(12)18/h5-6,9,18H,2-4,7-8,10H2,1H3,(H,17,19). The molecule has 0 atom stereocenters. The van der Waals surface area contributed by atoms with Crippen LogP contribution in [0.2, 0.25) is 0 Å². The van der Waals surface area contributed by atoms with Gasteiger partial charge in [0, 0.05) is 15.8 Å². The van der Waals surface area contributed by atoms with Gasteiger partial charge in [-0.2, -0.15) is 11.8 Å². The number of amides is 1. The molecule has 110 valence electrons. The van der Waals surface area contributed by atoms with Crippen molar-refractivity contribution in [3.8, 4) is 5.75 Å². The first-order valence-electron chi connectivity index (χ1n) is 6.88. The van der Waals surface area contributed by atoms with Crippen LogP contribution in [0.5, 0.6) is 5.75 Å². The summed E-state index contributed by atoms with van der Waals surface area (Å²) in [6, 6.07) is 4.95. The van der Waals surface area contributed by atoms with Crippen LogP contribution < -0.4 is 5.32 Å². The molecule has 1 aromatic carbocycles. The van der Waals surface area contributed by atoms with E-state index in [4.69, 9.17) is 0 Å². The van der Waals surface area contributed by atoms with Gasteiger partial charge in [-0.3, -0.25) is 4.79 Å². The Morgan fingerprint density at radius 2 is 2.10 bits per heavy atom. The van der Waals surface area contributed by atoms with E-state index in [1.54, 1.807) is 18.2 Å². The van der Waals surface area contributed by atoms with Crippen LogP contribution in [-0.4, -0.2) is 28.6 Å². The summed E-state index contributed by atoms with van der Waals surface area (Å²) < 4.78 is 0.929. The molecule has 3 nitrogen and oxygen atoms in total. The van der Waals surface area contributed by atoms with Crippen molar-refractivity contribution >= 4 is 33.6 Å². The van der Waals surface area contributed by atoms with Crippen molar-refractivity contribution in [2.45, 2.75) is 36.9 Å². The van der Waals surface area contributed by atoms with Gasteiger partial charge in [0.1, 0.15) is 5.75 Å². The molecule has 1 fully saturated rings. The molecular formula is C15H20BrNO2S. The van der Waals surface area contributed by atoms with Crippen molar-refractivity contribution in [2.24, 2.45) is 0 Å². The third-order valence-corrected chi connectivity index (χ3v) is 5.89. The van der Waals surface area contributed by atoms with E-state index in [0.29, 0.717) is 12.1 Å². The maximum Gasteiger partial charge on any atom is 0.255 e. The van der Waals surface area contributed by atoms with Crippen molar-refractivity contribution in [3.63, 3.8) is 0 Å². The summed E-state index contributed by atoms with van der Waals surface area (Å²) in [6.07, 6.45) is 8.19. The summed E-state index contributed by atoms with van der Waals surface area (Å²) in [6.45, 7) is 0.669. The molecule has 0 spiro atoms. The van der Waals surface area contributed by atoms with Crippen molar-refractivity contribution in [2.75, 3.05) is 12.8 Å². The van der Waals surface area contributed by atoms with Gasteiger partial charge in [-0.25, -0.2) is 0 Å². The molecular weight excluding hydrogens is 338 g/mol. The molecule has 5 heteroatoms. The lowest BCUT2D eigenvalue weighted by Crippen LogP contribution is -2.41. The predicted molar refractivity (Wildman–Crippen MR) is 87.5 cm³/mol. The number of carbonyl (C=O) groups excluding carboxylic acids is 1. The zero-order valence-electron chi connectivity index (χ0n) is 11.6. The quantitative estimate of drug-likeness (QED) is 0.857. The minimum atomic E-state index is -0.200. The number of nitrogens with one attached hydrogen (secondary N) is 1. The highest BCUT2D eigenvalue weighted by molar-refractivity contribution is 9.10. The lowest BCUT2D eigenvalue weighted by molar-refractivity contribution is 0.0944. The number of benzene rings is 1. The molecule has 0 saturated heterocycles. The maximum absolute atomic E-state index is 12.2. The molecule has 1 saturated carbocycles. The first kappa shape index (κ1) is 15.7. The molecule has 2 N–H and O–H groups in total. The van der Waals surface area contributed by atoms with E-state index in [9.17, 15) is 9.90 Å². The van der Waals surface area contributed by atoms with E-state index in [-0.39, 0.29) is 16.4 Å². The second kappa shape index (κ2) is 6.85. The number of phenolic OH excluding ortho intramolecular Hbond substituents is 1. The van der Waals surface area contributed by atoms with Gasteiger partial charge >= 0.3 is 0 Å². The molecule has 0 heterocycles. The van der Waals surface area contributed by atoms with E-state index in [1.807, 2.05) is 11.8 Å². The Labute approximate surface area is 132 Å². The normalized spacial score (nSPS) is 17.7. The number of halogens is 1. The van der Waals surface area contributed by atoms with E-state index in [0.717, 1.165) is 17.3 Å². The number of phenols is 1. The van der Waals surface area contributed by atoms with Gasteiger partial charge in [-0.1, -0.05) is 35.2 Å². The summed E-state index contributed by atoms with van der Waals surface area (Å²) in [5, 5.41) is 12.8. The summed E-state index contributed by atoms with van der Waals surface area (Å²) in [5.41, 5.74) is 0.334. The minimum absolute atomic E-state index is 0.0127. The number of carbonyl (C=O) groups is 1. The predicted octanol–water partition coefficient (Wildman–Crippen LogP) is 3.95. The van der Waals surface area contributed by atoms with Gasteiger partial charge in [0.25, 0.3) is 5.91 Å².